The molecule has 1 aromatic rings. The van der Waals surface area contributed by atoms with E-state index in [1.165, 1.54) is 32.1 Å². The maximum atomic E-state index is 5.46. The standard InChI is InChI=1S/C16H27N3O2/c1-5-17-14(16(2)9-7-6-8-10-16)13-15(21-4)19-12(20-3)11-18-13/h11,14,17H,5-10H2,1-4H3. The van der Waals surface area contributed by atoms with E-state index in [0.717, 1.165) is 12.2 Å². The first-order valence-corrected chi connectivity index (χ1v) is 7.83. The first-order valence-electron chi connectivity index (χ1n) is 7.83. The van der Waals surface area contributed by atoms with Crippen LogP contribution in [0, 0.1) is 5.41 Å². The summed E-state index contributed by atoms with van der Waals surface area (Å²) in [5.41, 5.74) is 1.09. The highest BCUT2D eigenvalue weighted by molar-refractivity contribution is 5.27. The van der Waals surface area contributed by atoms with Crippen LogP contribution in [0.3, 0.4) is 0 Å². The number of nitrogens with one attached hydrogen (secondary N) is 1. The molecular formula is C16H27N3O2. The van der Waals surface area contributed by atoms with Crippen molar-refractivity contribution in [1.29, 1.82) is 0 Å². The molecule has 1 aliphatic rings. The molecule has 0 amide bonds. The number of rotatable bonds is 6. The summed E-state index contributed by atoms with van der Waals surface area (Å²) in [4.78, 5) is 8.98. The topological polar surface area (TPSA) is 56.3 Å². The molecule has 1 N–H and O–H groups in total. The molecule has 21 heavy (non-hydrogen) atoms. The van der Waals surface area contributed by atoms with Crippen LogP contribution in [0.1, 0.15) is 57.7 Å². The van der Waals surface area contributed by atoms with Gasteiger partial charge in [0.25, 0.3) is 0 Å². The van der Waals surface area contributed by atoms with Gasteiger partial charge in [-0.15, -0.1) is 0 Å². The minimum atomic E-state index is 0.163. The van der Waals surface area contributed by atoms with E-state index in [2.05, 4.69) is 29.1 Å². The van der Waals surface area contributed by atoms with Crippen molar-refractivity contribution in [2.75, 3.05) is 20.8 Å². The van der Waals surface area contributed by atoms with Crippen molar-refractivity contribution in [3.63, 3.8) is 0 Å². The van der Waals surface area contributed by atoms with Crippen molar-refractivity contribution in [3.8, 4) is 11.8 Å². The van der Waals surface area contributed by atoms with Crippen molar-refractivity contribution < 1.29 is 9.47 Å². The molecule has 0 aromatic carbocycles. The molecular weight excluding hydrogens is 266 g/mol. The average molecular weight is 293 g/mol. The Morgan fingerprint density at radius 1 is 1.24 bits per heavy atom. The van der Waals surface area contributed by atoms with Crippen molar-refractivity contribution in [1.82, 2.24) is 15.3 Å². The molecule has 1 unspecified atom stereocenters. The first-order chi connectivity index (χ1) is 10.1. The molecule has 1 atom stereocenters. The fourth-order valence-electron chi connectivity index (χ4n) is 3.34. The van der Waals surface area contributed by atoms with Crippen LogP contribution in [0.15, 0.2) is 6.20 Å². The third-order valence-corrected chi connectivity index (χ3v) is 4.52. The minimum Gasteiger partial charge on any atom is -0.480 e. The van der Waals surface area contributed by atoms with Crippen LogP contribution in [-0.4, -0.2) is 30.7 Å². The lowest BCUT2D eigenvalue weighted by Gasteiger charge is -2.41. The fraction of sp³-hybridized carbons (Fsp3) is 0.750. The summed E-state index contributed by atoms with van der Waals surface area (Å²) in [6.45, 7) is 5.38. The summed E-state index contributed by atoms with van der Waals surface area (Å²) >= 11 is 0. The maximum Gasteiger partial charge on any atom is 0.240 e. The fourth-order valence-corrected chi connectivity index (χ4v) is 3.34. The second-order valence-corrected chi connectivity index (χ2v) is 6.01. The van der Waals surface area contributed by atoms with Gasteiger partial charge >= 0.3 is 0 Å². The number of aromatic nitrogens is 2. The molecule has 1 saturated carbocycles. The molecule has 1 fully saturated rings. The van der Waals surface area contributed by atoms with E-state index in [-0.39, 0.29) is 11.5 Å². The molecule has 118 valence electrons. The van der Waals surface area contributed by atoms with E-state index in [0.29, 0.717) is 11.8 Å². The average Bonchev–Trinajstić information content (AvgIpc) is 2.52. The van der Waals surface area contributed by atoms with Crippen molar-refractivity contribution in [2.24, 2.45) is 5.41 Å². The minimum absolute atomic E-state index is 0.163. The number of methoxy groups -OCH3 is 2. The Morgan fingerprint density at radius 2 is 1.95 bits per heavy atom. The molecule has 1 heterocycles. The van der Waals surface area contributed by atoms with Gasteiger partial charge in [0.2, 0.25) is 11.8 Å². The van der Waals surface area contributed by atoms with Gasteiger partial charge < -0.3 is 14.8 Å². The first kappa shape index (κ1) is 16.0. The second-order valence-electron chi connectivity index (χ2n) is 6.01. The Labute approximate surface area is 127 Å². The number of nitrogens with zero attached hydrogens (tertiary/aromatic N) is 2. The monoisotopic (exact) mass is 293 g/mol. The number of hydrogen-bond acceptors (Lipinski definition) is 5. The number of ether oxygens (including phenoxy) is 2. The van der Waals surface area contributed by atoms with Gasteiger partial charge in [0.05, 0.1) is 26.5 Å². The molecule has 0 radical (unpaired) electrons. The largest absolute Gasteiger partial charge is 0.480 e. The normalized spacial score (nSPS) is 19.0. The highest BCUT2D eigenvalue weighted by Crippen LogP contribution is 2.46. The van der Waals surface area contributed by atoms with Crippen LogP contribution in [0.2, 0.25) is 0 Å². The SMILES string of the molecule is CCNC(c1ncc(OC)nc1OC)C1(C)CCCCC1. The van der Waals surface area contributed by atoms with Crippen LogP contribution in [0.4, 0.5) is 0 Å². The Hall–Kier alpha value is -1.36. The summed E-state index contributed by atoms with van der Waals surface area (Å²) in [5.74, 6) is 1.05. The van der Waals surface area contributed by atoms with E-state index in [1.54, 1.807) is 20.4 Å². The van der Waals surface area contributed by atoms with Crippen LogP contribution in [0.25, 0.3) is 0 Å². The molecule has 1 aromatic heterocycles. The predicted molar refractivity (Wildman–Crippen MR) is 82.7 cm³/mol. The zero-order valence-electron chi connectivity index (χ0n) is 13.6. The lowest BCUT2D eigenvalue weighted by molar-refractivity contribution is 0.140. The Bertz CT molecular complexity index is 459. The van der Waals surface area contributed by atoms with Gasteiger partial charge in [-0.25, -0.2) is 4.98 Å². The highest BCUT2D eigenvalue weighted by Gasteiger charge is 2.38. The van der Waals surface area contributed by atoms with Crippen LogP contribution >= 0.6 is 0 Å². The van der Waals surface area contributed by atoms with E-state index in [9.17, 15) is 0 Å². The molecule has 5 heteroatoms. The van der Waals surface area contributed by atoms with E-state index < -0.39 is 0 Å². The van der Waals surface area contributed by atoms with E-state index in [1.807, 2.05) is 0 Å². The van der Waals surface area contributed by atoms with Gasteiger partial charge in [-0.1, -0.05) is 33.1 Å². The van der Waals surface area contributed by atoms with Crippen molar-refractivity contribution in [2.45, 2.75) is 52.0 Å². The van der Waals surface area contributed by atoms with Gasteiger partial charge in [0.1, 0.15) is 5.69 Å². The van der Waals surface area contributed by atoms with E-state index >= 15 is 0 Å². The summed E-state index contributed by atoms with van der Waals surface area (Å²) in [6, 6.07) is 0.163. The molecule has 0 spiro atoms. The lowest BCUT2D eigenvalue weighted by atomic mass is 9.69. The molecule has 0 aliphatic heterocycles. The quantitative estimate of drug-likeness (QED) is 0.873. The van der Waals surface area contributed by atoms with Gasteiger partial charge in [-0.3, -0.25) is 0 Å². The maximum absolute atomic E-state index is 5.46. The van der Waals surface area contributed by atoms with Crippen LogP contribution in [0.5, 0.6) is 11.8 Å². The summed E-state index contributed by atoms with van der Waals surface area (Å²) in [7, 11) is 3.23. The second kappa shape index (κ2) is 7.07. The Balaban J connectivity index is 2.37. The summed E-state index contributed by atoms with van der Waals surface area (Å²) in [5, 5.41) is 3.60. The molecule has 2 rings (SSSR count). The van der Waals surface area contributed by atoms with Crippen LogP contribution < -0.4 is 14.8 Å². The van der Waals surface area contributed by atoms with Crippen molar-refractivity contribution >= 4 is 0 Å². The van der Waals surface area contributed by atoms with Gasteiger partial charge in [0, 0.05) is 0 Å². The number of hydrogen-bond donors (Lipinski definition) is 1. The summed E-state index contributed by atoms with van der Waals surface area (Å²) in [6.07, 6.45) is 7.99. The zero-order chi connectivity index (χ0) is 15.3. The highest BCUT2D eigenvalue weighted by atomic mass is 16.5. The van der Waals surface area contributed by atoms with Gasteiger partial charge in [0.15, 0.2) is 0 Å². The van der Waals surface area contributed by atoms with Gasteiger partial charge in [-0.05, 0) is 24.8 Å². The third kappa shape index (κ3) is 3.46. The third-order valence-electron chi connectivity index (χ3n) is 4.52. The Morgan fingerprint density at radius 3 is 2.52 bits per heavy atom. The summed E-state index contributed by atoms with van der Waals surface area (Å²) < 4.78 is 10.6. The Kier molecular flexibility index (Phi) is 5.39. The van der Waals surface area contributed by atoms with Crippen LogP contribution in [-0.2, 0) is 0 Å². The smallest absolute Gasteiger partial charge is 0.240 e. The van der Waals surface area contributed by atoms with Crippen molar-refractivity contribution in [3.05, 3.63) is 11.9 Å². The zero-order valence-corrected chi connectivity index (χ0v) is 13.6. The predicted octanol–water partition coefficient (Wildman–Crippen LogP) is 3.11. The molecule has 5 nitrogen and oxygen atoms in total. The van der Waals surface area contributed by atoms with E-state index in [4.69, 9.17) is 9.47 Å². The lowest BCUT2D eigenvalue weighted by Crippen LogP contribution is -2.38. The molecule has 0 bridgehead atoms. The molecule has 1 aliphatic carbocycles. The molecule has 0 saturated heterocycles. The van der Waals surface area contributed by atoms with Gasteiger partial charge in [-0.2, -0.15) is 4.98 Å².